The van der Waals surface area contributed by atoms with Crippen LogP contribution in [0.3, 0.4) is 0 Å². The molecule has 1 saturated heterocycles. The molecule has 0 aromatic carbocycles. The van der Waals surface area contributed by atoms with Crippen LogP contribution in [0.2, 0.25) is 0 Å². The molecule has 0 aromatic rings. The third-order valence-electron chi connectivity index (χ3n) is 2.37. The summed E-state index contributed by atoms with van der Waals surface area (Å²) in [5.74, 6) is 2.15. The minimum absolute atomic E-state index is 0.662. The molecule has 1 heteroatoms. The van der Waals surface area contributed by atoms with Gasteiger partial charge in [0, 0.05) is 0 Å². The Bertz CT molecular complexity index is 74.6. The first-order valence-corrected chi connectivity index (χ1v) is 6.93. The Hall–Kier alpha value is 0.730. The van der Waals surface area contributed by atoms with Gasteiger partial charge < -0.3 is 0 Å². The van der Waals surface area contributed by atoms with E-state index in [4.69, 9.17) is 0 Å². The average molecular weight is 239 g/mol. The van der Waals surface area contributed by atoms with Gasteiger partial charge in [-0.15, -0.1) is 0 Å². The van der Waals surface area contributed by atoms with E-state index in [2.05, 4.69) is 13.8 Å². The summed E-state index contributed by atoms with van der Waals surface area (Å²) < 4.78 is 3.22. The van der Waals surface area contributed by atoms with Gasteiger partial charge in [0.25, 0.3) is 0 Å². The van der Waals surface area contributed by atoms with Crippen molar-refractivity contribution in [3.8, 4) is 0 Å². The van der Waals surface area contributed by atoms with Crippen LogP contribution < -0.4 is 21.2 Å². The quantitative estimate of drug-likeness (QED) is 0.434. The number of halogens is 1. The van der Waals surface area contributed by atoms with E-state index in [9.17, 15) is 0 Å². The molecule has 0 unspecified atom stereocenters. The first-order valence-electron chi connectivity index (χ1n) is 3.88. The van der Waals surface area contributed by atoms with Gasteiger partial charge in [-0.3, -0.25) is 0 Å². The second-order valence-corrected chi connectivity index (χ2v) is 6.00. The molecule has 0 amide bonds. The summed E-state index contributed by atoms with van der Waals surface area (Å²) in [5, 5.41) is 0. The monoisotopic (exact) mass is 239 g/mol. The fraction of sp³-hybridized carbons (Fsp3) is 1.00. The summed E-state index contributed by atoms with van der Waals surface area (Å²) in [6.45, 7) is 4.74. The summed E-state index contributed by atoms with van der Waals surface area (Å²) in [6.07, 6.45) is 2.96. The van der Waals surface area contributed by atoms with Crippen LogP contribution in [0, 0.1) is 11.8 Å². The van der Waals surface area contributed by atoms with Crippen molar-refractivity contribution in [1.29, 1.82) is 0 Å². The van der Waals surface area contributed by atoms with Gasteiger partial charge in [0.1, 0.15) is 0 Å². The van der Waals surface area contributed by atoms with Crippen molar-refractivity contribution in [2.24, 2.45) is 11.8 Å². The summed E-state index contributed by atoms with van der Waals surface area (Å²) in [6, 6.07) is 0. The Balaban J connectivity index is 2.24. The topological polar surface area (TPSA) is 0 Å². The zero-order valence-electron chi connectivity index (χ0n) is 6.36. The van der Waals surface area contributed by atoms with Crippen LogP contribution in [0.4, 0.5) is 0 Å². The third kappa shape index (κ3) is 2.10. The Morgan fingerprint density at radius 2 is 2.44 bits per heavy atom. The van der Waals surface area contributed by atoms with Crippen LogP contribution in [0.15, 0.2) is 0 Å². The van der Waals surface area contributed by atoms with Gasteiger partial charge in [0.2, 0.25) is 0 Å². The Kier molecular flexibility index (Phi) is 3.30. The van der Waals surface area contributed by atoms with Gasteiger partial charge >= 0.3 is 68.6 Å². The first kappa shape index (κ1) is 7.83. The number of alkyl halides is 2. The molecular formula is C8H16I-. The molecule has 0 spiro atoms. The van der Waals surface area contributed by atoms with Gasteiger partial charge in [0.05, 0.1) is 0 Å². The second kappa shape index (κ2) is 3.79. The van der Waals surface area contributed by atoms with Crippen molar-refractivity contribution in [1.82, 2.24) is 0 Å². The summed E-state index contributed by atoms with van der Waals surface area (Å²) in [7, 11) is 0. The summed E-state index contributed by atoms with van der Waals surface area (Å²) in [4.78, 5) is 0. The van der Waals surface area contributed by atoms with E-state index in [-0.39, 0.29) is 0 Å². The fourth-order valence-corrected chi connectivity index (χ4v) is 5.07. The molecule has 1 fully saturated rings. The van der Waals surface area contributed by atoms with Crippen LogP contribution in [-0.4, -0.2) is 8.86 Å². The van der Waals surface area contributed by atoms with E-state index in [1.807, 2.05) is 0 Å². The molecule has 1 rings (SSSR count). The minimum atomic E-state index is 0.662. The SMILES string of the molecule is CC[C@H](C)[C@H]1CC[I-]C1. The third-order valence-corrected chi connectivity index (χ3v) is 5.51. The molecule has 2 atom stereocenters. The van der Waals surface area contributed by atoms with Crippen molar-refractivity contribution in [3.05, 3.63) is 0 Å². The van der Waals surface area contributed by atoms with Crippen molar-refractivity contribution in [2.45, 2.75) is 26.7 Å². The van der Waals surface area contributed by atoms with Crippen LogP contribution in [0.5, 0.6) is 0 Å². The molecule has 9 heavy (non-hydrogen) atoms. The molecule has 1 aliphatic rings. The van der Waals surface area contributed by atoms with Crippen LogP contribution in [0.1, 0.15) is 26.7 Å². The molecule has 1 heterocycles. The fourth-order valence-electron chi connectivity index (χ4n) is 1.28. The molecule has 0 aromatic heterocycles. The molecule has 0 N–H and O–H groups in total. The molecule has 1 aliphatic heterocycles. The number of rotatable bonds is 2. The second-order valence-electron chi connectivity index (χ2n) is 2.97. The van der Waals surface area contributed by atoms with Crippen LogP contribution in [0.25, 0.3) is 0 Å². The van der Waals surface area contributed by atoms with Gasteiger partial charge in [-0.05, 0) is 0 Å². The molecule has 0 nitrogen and oxygen atoms in total. The van der Waals surface area contributed by atoms with Gasteiger partial charge in [0.15, 0.2) is 0 Å². The Labute approximate surface area is 68.7 Å². The molecule has 0 bridgehead atoms. The first-order chi connectivity index (χ1) is 4.34. The van der Waals surface area contributed by atoms with E-state index in [0.29, 0.717) is 21.2 Å². The molecule has 56 valence electrons. The number of hydrogen-bond acceptors (Lipinski definition) is 0. The van der Waals surface area contributed by atoms with Crippen molar-refractivity contribution in [3.63, 3.8) is 0 Å². The predicted molar refractivity (Wildman–Crippen MR) is 37.3 cm³/mol. The molecule has 0 aliphatic carbocycles. The van der Waals surface area contributed by atoms with E-state index in [1.54, 1.807) is 15.3 Å². The average Bonchev–Trinajstić information content (AvgIpc) is 2.37. The van der Waals surface area contributed by atoms with Crippen LogP contribution in [-0.2, 0) is 0 Å². The normalized spacial score (nSPS) is 31.6. The predicted octanol–water partition coefficient (Wildman–Crippen LogP) is -0.859. The van der Waals surface area contributed by atoms with Crippen molar-refractivity contribution >= 4 is 0 Å². The Morgan fingerprint density at radius 1 is 1.67 bits per heavy atom. The summed E-state index contributed by atoms with van der Waals surface area (Å²) >= 11 is 0.662. The van der Waals surface area contributed by atoms with Crippen molar-refractivity contribution in [2.75, 3.05) is 8.86 Å². The molecule has 0 radical (unpaired) electrons. The maximum absolute atomic E-state index is 2.42. The molecular weight excluding hydrogens is 223 g/mol. The van der Waals surface area contributed by atoms with E-state index < -0.39 is 0 Å². The van der Waals surface area contributed by atoms with Crippen molar-refractivity contribution < 1.29 is 21.2 Å². The van der Waals surface area contributed by atoms with E-state index in [1.165, 1.54) is 6.42 Å². The maximum atomic E-state index is 2.42. The summed E-state index contributed by atoms with van der Waals surface area (Å²) in [5.41, 5.74) is 0. The van der Waals surface area contributed by atoms with E-state index >= 15 is 0 Å². The number of hydrogen-bond donors (Lipinski definition) is 0. The van der Waals surface area contributed by atoms with Crippen LogP contribution >= 0.6 is 0 Å². The zero-order valence-corrected chi connectivity index (χ0v) is 8.52. The molecule has 0 saturated carbocycles. The van der Waals surface area contributed by atoms with E-state index in [0.717, 1.165) is 11.8 Å². The standard InChI is InChI=1S/C8H16I/c1-3-7(2)8-4-5-9-6-8/h7-8H,3-6H2,1-2H3/q-1/t7-,8-/m0/s1. The Morgan fingerprint density at radius 3 is 2.89 bits per heavy atom. The van der Waals surface area contributed by atoms with Gasteiger partial charge in [-0.25, -0.2) is 0 Å². The zero-order chi connectivity index (χ0) is 6.69. The van der Waals surface area contributed by atoms with Gasteiger partial charge in [-0.1, -0.05) is 0 Å². The van der Waals surface area contributed by atoms with Gasteiger partial charge in [-0.2, -0.15) is 0 Å².